The fourth-order valence-electron chi connectivity index (χ4n) is 8.93. The van der Waals surface area contributed by atoms with Crippen molar-refractivity contribution in [1.29, 1.82) is 0 Å². The third-order valence-electron chi connectivity index (χ3n) is 13.6. The average molecular weight is 1070 g/mol. The van der Waals surface area contributed by atoms with Crippen molar-refractivity contribution >= 4 is 65.1 Å². The van der Waals surface area contributed by atoms with Crippen molar-refractivity contribution in [2.24, 2.45) is 29.2 Å². The van der Waals surface area contributed by atoms with Gasteiger partial charge in [-0.25, -0.2) is 4.79 Å². The van der Waals surface area contributed by atoms with Gasteiger partial charge >= 0.3 is 11.9 Å². The highest BCUT2D eigenvalue weighted by Crippen LogP contribution is 2.23. The third-order valence-corrected chi connectivity index (χ3v) is 13.6. The summed E-state index contributed by atoms with van der Waals surface area (Å²) in [6, 6.07) is -5.17. The number of unbranched alkanes of at least 4 members (excludes halogenated alkanes) is 1. The summed E-state index contributed by atoms with van der Waals surface area (Å²) in [6.07, 6.45) is 2.09. The van der Waals surface area contributed by atoms with E-state index in [1.54, 1.807) is 27.7 Å². The lowest BCUT2D eigenvalue weighted by Crippen LogP contribution is -2.60. The lowest BCUT2D eigenvalue weighted by Gasteiger charge is -2.32. The Morgan fingerprint density at radius 1 is 0.671 bits per heavy atom. The number of carbonyl (C=O) groups is 11. The summed E-state index contributed by atoms with van der Waals surface area (Å²) in [5.41, 5.74) is 12.3. The highest BCUT2D eigenvalue weighted by molar-refractivity contribution is 5.99. The van der Waals surface area contributed by atoms with Crippen molar-refractivity contribution in [3.63, 3.8) is 0 Å². The quantitative estimate of drug-likeness (QED) is 0.0400. The van der Waals surface area contributed by atoms with Crippen molar-refractivity contribution in [3.8, 4) is 5.75 Å². The number of benzene rings is 1. The SMILES string of the molecule is CC[C@H](C)[C@H](N)C(=O)N1CCC[C@H]1C(=O)N[C@@H](CC(C)C)C(=O)N[C@@H](CC(=O)O)C(=O)N1CCC[C@H]1C(=O)N[C@H](C(=O)N[C@@H](C)C(=O)NCC(=O)N[C@@H](Cc1ccc(O)cc1)C(=O)N[C@@H](CCCCN)C(=O)O)C(C)C. The van der Waals surface area contributed by atoms with Crippen molar-refractivity contribution in [1.82, 2.24) is 47.0 Å². The highest BCUT2D eigenvalue weighted by atomic mass is 16.4. The van der Waals surface area contributed by atoms with Gasteiger partial charge in [0.15, 0.2) is 0 Å². The van der Waals surface area contributed by atoms with Crippen LogP contribution in [0.2, 0.25) is 0 Å². The van der Waals surface area contributed by atoms with E-state index in [2.05, 4.69) is 37.2 Å². The van der Waals surface area contributed by atoms with Gasteiger partial charge in [0.05, 0.1) is 19.0 Å². The van der Waals surface area contributed by atoms with Crippen LogP contribution in [0.15, 0.2) is 24.3 Å². The van der Waals surface area contributed by atoms with Crippen molar-refractivity contribution in [3.05, 3.63) is 29.8 Å². The Kier molecular flexibility index (Phi) is 25.5. The molecule has 1 aromatic carbocycles. The lowest BCUT2D eigenvalue weighted by molar-refractivity contribution is -0.146. The lowest BCUT2D eigenvalue weighted by atomic mass is 9.98. The predicted molar refractivity (Wildman–Crippen MR) is 276 cm³/mol. The van der Waals surface area contributed by atoms with Crippen LogP contribution in [-0.4, -0.2) is 171 Å². The van der Waals surface area contributed by atoms with Crippen LogP contribution in [-0.2, 0) is 59.2 Å². The van der Waals surface area contributed by atoms with Crippen LogP contribution in [0.3, 0.4) is 0 Å². The number of nitrogens with two attached hydrogens (primary N) is 2. The normalized spacial score (nSPS) is 18.5. The minimum absolute atomic E-state index is 0.00302. The van der Waals surface area contributed by atoms with Crippen LogP contribution >= 0.6 is 0 Å². The topological polar surface area (TPSA) is 391 Å². The number of aromatic hydroxyl groups is 1. The predicted octanol–water partition coefficient (Wildman–Crippen LogP) is -1.27. The molecule has 76 heavy (non-hydrogen) atoms. The maximum Gasteiger partial charge on any atom is 0.326 e. The average Bonchev–Trinajstić information content (AvgIpc) is 4.07. The van der Waals surface area contributed by atoms with Gasteiger partial charge in [0.1, 0.15) is 54.1 Å². The number of phenols is 1. The molecule has 25 nitrogen and oxygen atoms in total. The third kappa shape index (κ3) is 19.4. The molecule has 2 saturated heterocycles. The zero-order valence-corrected chi connectivity index (χ0v) is 44.7. The van der Waals surface area contributed by atoms with Gasteiger partial charge in [0.2, 0.25) is 53.2 Å². The fraction of sp³-hybridized carbons (Fsp3) is 0.667. The highest BCUT2D eigenvalue weighted by Gasteiger charge is 2.42. The van der Waals surface area contributed by atoms with E-state index in [-0.39, 0.29) is 55.7 Å². The molecule has 0 radical (unpaired) electrons. The Hall–Kier alpha value is -6.89. The van der Waals surface area contributed by atoms with E-state index in [1.165, 1.54) is 36.1 Å². The van der Waals surface area contributed by atoms with Gasteiger partial charge in [-0.1, -0.05) is 60.1 Å². The van der Waals surface area contributed by atoms with Gasteiger partial charge in [-0.3, -0.25) is 47.9 Å². The van der Waals surface area contributed by atoms with Crippen molar-refractivity contribution in [2.45, 2.75) is 173 Å². The molecular weight excluding hydrogens is 991 g/mol. The Balaban J connectivity index is 1.67. The molecule has 2 heterocycles. The van der Waals surface area contributed by atoms with E-state index in [4.69, 9.17) is 11.5 Å². The smallest absolute Gasteiger partial charge is 0.326 e. The van der Waals surface area contributed by atoms with E-state index in [0.29, 0.717) is 57.2 Å². The van der Waals surface area contributed by atoms with Crippen molar-refractivity contribution in [2.75, 3.05) is 26.2 Å². The van der Waals surface area contributed by atoms with Gasteiger partial charge in [-0.15, -0.1) is 0 Å². The first-order valence-electron chi connectivity index (χ1n) is 26.2. The largest absolute Gasteiger partial charge is 0.508 e. The van der Waals surface area contributed by atoms with E-state index in [9.17, 15) is 68.1 Å². The molecule has 10 atom stereocenters. The minimum atomic E-state index is -1.67. The molecule has 0 saturated carbocycles. The molecule has 0 bridgehead atoms. The summed E-state index contributed by atoms with van der Waals surface area (Å²) in [4.78, 5) is 149. The summed E-state index contributed by atoms with van der Waals surface area (Å²) in [5.74, 6) is -10.4. The van der Waals surface area contributed by atoms with Crippen molar-refractivity contribution < 1.29 is 68.1 Å². The van der Waals surface area contributed by atoms with Crippen LogP contribution < -0.4 is 48.7 Å². The number of amides is 9. The number of hydrogen-bond acceptors (Lipinski definition) is 14. The van der Waals surface area contributed by atoms with E-state index in [0.717, 1.165) is 4.90 Å². The first-order valence-corrected chi connectivity index (χ1v) is 26.2. The molecular formula is C51H81N11O14. The number of phenolic OH excluding ortho intramolecular Hbond substituents is 1. The molecule has 0 aromatic heterocycles. The molecule has 0 aliphatic carbocycles. The van der Waals surface area contributed by atoms with Crippen LogP contribution in [0.1, 0.15) is 118 Å². The van der Waals surface area contributed by atoms with E-state index >= 15 is 0 Å². The second kappa shape index (κ2) is 30.6. The number of aliphatic carboxylic acids is 2. The first-order chi connectivity index (χ1) is 35.8. The second-order valence-electron chi connectivity index (χ2n) is 20.5. The summed E-state index contributed by atoms with van der Waals surface area (Å²) in [7, 11) is 0. The van der Waals surface area contributed by atoms with Gasteiger partial charge in [-0.05, 0) is 100 Å². The number of carboxylic acid groups (broad SMARTS) is 2. The van der Waals surface area contributed by atoms with E-state index < -0.39 is 132 Å². The molecule has 2 fully saturated rings. The van der Waals surface area contributed by atoms with Gasteiger partial charge in [0, 0.05) is 19.5 Å². The Morgan fingerprint density at radius 3 is 1.78 bits per heavy atom. The van der Waals surface area contributed by atoms with Crippen LogP contribution in [0.5, 0.6) is 5.75 Å². The maximum atomic E-state index is 14.2. The molecule has 25 heteroatoms. The van der Waals surface area contributed by atoms with Crippen LogP contribution in [0.25, 0.3) is 0 Å². The number of rotatable bonds is 30. The number of likely N-dealkylation sites (tertiary alicyclic amines) is 2. The molecule has 9 amide bonds. The fourth-order valence-corrected chi connectivity index (χ4v) is 8.93. The Bertz CT molecular complexity index is 2210. The Labute approximate surface area is 443 Å². The number of nitrogens with one attached hydrogen (secondary N) is 7. The molecule has 2 aliphatic heterocycles. The number of nitrogens with zero attached hydrogens (tertiary/aromatic N) is 2. The molecule has 14 N–H and O–H groups in total. The number of carboxylic acids is 2. The monoisotopic (exact) mass is 1070 g/mol. The van der Waals surface area contributed by atoms with Gasteiger partial charge in [0.25, 0.3) is 0 Å². The molecule has 424 valence electrons. The minimum Gasteiger partial charge on any atom is -0.508 e. The molecule has 1 aromatic rings. The zero-order chi connectivity index (χ0) is 57.0. The van der Waals surface area contributed by atoms with Gasteiger partial charge in [-0.2, -0.15) is 0 Å². The molecule has 3 rings (SSSR count). The molecule has 0 spiro atoms. The first kappa shape index (κ1) is 63.4. The maximum absolute atomic E-state index is 14.2. The second-order valence-corrected chi connectivity index (χ2v) is 20.5. The van der Waals surface area contributed by atoms with Gasteiger partial charge < -0.3 is 73.8 Å². The summed E-state index contributed by atoms with van der Waals surface area (Å²) in [6.45, 7) is 11.9. The summed E-state index contributed by atoms with van der Waals surface area (Å²) in [5, 5.41) is 47.0. The summed E-state index contributed by atoms with van der Waals surface area (Å²) >= 11 is 0. The zero-order valence-electron chi connectivity index (χ0n) is 44.7. The van der Waals surface area contributed by atoms with Crippen LogP contribution in [0.4, 0.5) is 0 Å². The van der Waals surface area contributed by atoms with Crippen LogP contribution in [0, 0.1) is 17.8 Å². The summed E-state index contributed by atoms with van der Waals surface area (Å²) < 4.78 is 0. The molecule has 2 aliphatic rings. The number of hydrogen-bond donors (Lipinski definition) is 12. The number of carbonyl (C=O) groups excluding carboxylic acids is 9. The Morgan fingerprint density at radius 2 is 1.24 bits per heavy atom. The molecule has 0 unspecified atom stereocenters. The standard InChI is InChI=1S/C51H81N11O14/c1-8-29(6)41(53)50(74)62-22-12-14-37(62)46(70)58-34(23-27(2)3)44(68)59-36(25-40(65)66)49(73)61-21-11-15-38(61)47(71)60-42(28(4)5)48(72)55-30(7)43(67)54-26-39(64)56-35(24-31-16-18-32(63)19-17-31)45(69)57-33(51(75)76)13-9-10-20-52/h16-19,27-30,33-38,41-42,63H,8-15,20-26,52-53H2,1-7H3,(H,54,67)(H,55,72)(H,56,64)(H,57,69)(H,58,70)(H,59,68)(H,60,71)(H,65,66)(H,75,76)/t29-,30-,33-,34-,35-,36-,37-,38-,41-,42-/m0/s1. The van der Waals surface area contributed by atoms with E-state index in [1.807, 2.05) is 13.8 Å².